The van der Waals surface area contributed by atoms with Gasteiger partial charge in [0.15, 0.2) is 0 Å². The van der Waals surface area contributed by atoms with Crippen molar-refractivity contribution in [3.05, 3.63) is 16.8 Å². The molecule has 7 heteroatoms. The number of aryl methyl sites for hydroxylation is 1. The highest BCUT2D eigenvalue weighted by Crippen LogP contribution is 2.33. The number of aromatic nitrogens is 2. The Kier molecular flexibility index (Phi) is 5.30. The first-order valence-electron chi connectivity index (χ1n) is 8.54. The monoisotopic (exact) mass is 348 g/mol. The van der Waals surface area contributed by atoms with Crippen LogP contribution in [0.4, 0.5) is 5.82 Å². The summed E-state index contributed by atoms with van der Waals surface area (Å²) >= 11 is 1.37. The molecule has 6 nitrogen and oxygen atoms in total. The van der Waals surface area contributed by atoms with E-state index in [1.807, 2.05) is 13.8 Å². The van der Waals surface area contributed by atoms with E-state index in [0.29, 0.717) is 17.5 Å². The van der Waals surface area contributed by atoms with Crippen LogP contribution in [0.1, 0.15) is 41.9 Å². The highest BCUT2D eigenvalue weighted by Gasteiger charge is 2.24. The van der Waals surface area contributed by atoms with Gasteiger partial charge in [-0.05, 0) is 45.3 Å². The molecule has 3 heterocycles. The lowest BCUT2D eigenvalue weighted by molar-refractivity contribution is 0.0531. The fraction of sp³-hybridized carbons (Fsp3) is 0.588. The van der Waals surface area contributed by atoms with Gasteiger partial charge in [0.2, 0.25) is 0 Å². The molecule has 0 spiro atoms. The van der Waals surface area contributed by atoms with Gasteiger partial charge in [0, 0.05) is 12.6 Å². The zero-order chi connectivity index (χ0) is 17.1. The van der Waals surface area contributed by atoms with E-state index in [9.17, 15) is 4.79 Å². The fourth-order valence-corrected chi connectivity index (χ4v) is 4.40. The third kappa shape index (κ3) is 3.23. The number of rotatable bonds is 6. The van der Waals surface area contributed by atoms with Gasteiger partial charge in [0.1, 0.15) is 21.9 Å². The first-order chi connectivity index (χ1) is 11.7. The zero-order valence-corrected chi connectivity index (χ0v) is 15.3. The van der Waals surface area contributed by atoms with E-state index in [4.69, 9.17) is 4.74 Å². The summed E-state index contributed by atoms with van der Waals surface area (Å²) in [4.78, 5) is 24.8. The molecule has 1 saturated heterocycles. The maximum atomic E-state index is 12.1. The summed E-state index contributed by atoms with van der Waals surface area (Å²) in [6, 6.07) is 0.545. The number of carbonyl (C=O) groups excluding carboxylic acids is 1. The normalized spacial score (nSPS) is 18.2. The summed E-state index contributed by atoms with van der Waals surface area (Å²) in [7, 11) is 0. The molecule has 1 unspecified atom stereocenters. The Morgan fingerprint density at radius 2 is 2.29 bits per heavy atom. The predicted octanol–water partition coefficient (Wildman–Crippen LogP) is 3.07. The van der Waals surface area contributed by atoms with Crippen molar-refractivity contribution >= 4 is 33.3 Å². The number of likely N-dealkylation sites (tertiary alicyclic amines) is 1. The second kappa shape index (κ2) is 7.44. The lowest BCUT2D eigenvalue weighted by Crippen LogP contribution is -2.34. The van der Waals surface area contributed by atoms with E-state index in [2.05, 4.69) is 27.1 Å². The number of likely N-dealkylation sites (N-methyl/N-ethyl adjacent to an activating group) is 1. The Bertz CT molecular complexity index is 731. The summed E-state index contributed by atoms with van der Waals surface area (Å²) in [5.74, 6) is 0.532. The van der Waals surface area contributed by atoms with Crippen molar-refractivity contribution in [2.24, 2.45) is 0 Å². The van der Waals surface area contributed by atoms with Gasteiger partial charge in [-0.2, -0.15) is 0 Å². The predicted molar refractivity (Wildman–Crippen MR) is 96.9 cm³/mol. The van der Waals surface area contributed by atoms with Crippen molar-refractivity contribution in [3.63, 3.8) is 0 Å². The van der Waals surface area contributed by atoms with Crippen LogP contribution in [-0.4, -0.2) is 53.1 Å². The Hall–Kier alpha value is -1.73. The number of anilines is 1. The maximum Gasteiger partial charge on any atom is 0.348 e. The number of ether oxygens (including phenoxy) is 1. The van der Waals surface area contributed by atoms with Crippen molar-refractivity contribution in [2.45, 2.75) is 39.7 Å². The van der Waals surface area contributed by atoms with E-state index < -0.39 is 0 Å². The Balaban J connectivity index is 1.84. The van der Waals surface area contributed by atoms with Gasteiger partial charge in [-0.1, -0.05) is 6.92 Å². The van der Waals surface area contributed by atoms with Crippen LogP contribution in [0.15, 0.2) is 6.33 Å². The van der Waals surface area contributed by atoms with Crippen LogP contribution in [0.25, 0.3) is 10.2 Å². The molecule has 0 radical (unpaired) electrons. The van der Waals surface area contributed by atoms with Crippen LogP contribution in [0.3, 0.4) is 0 Å². The first-order valence-corrected chi connectivity index (χ1v) is 9.36. The van der Waals surface area contributed by atoms with Crippen molar-refractivity contribution in [1.29, 1.82) is 0 Å². The lowest BCUT2D eigenvalue weighted by atomic mass is 10.2. The number of thiophene rings is 1. The number of fused-ring (bicyclic) bond motifs is 1. The molecule has 0 bridgehead atoms. The molecule has 2 aromatic heterocycles. The molecule has 1 N–H and O–H groups in total. The summed E-state index contributed by atoms with van der Waals surface area (Å²) in [6.45, 7) is 9.45. The van der Waals surface area contributed by atoms with Gasteiger partial charge in [-0.3, -0.25) is 4.90 Å². The van der Waals surface area contributed by atoms with Gasteiger partial charge < -0.3 is 10.1 Å². The van der Waals surface area contributed by atoms with Crippen LogP contribution in [0.2, 0.25) is 0 Å². The topological polar surface area (TPSA) is 67.3 Å². The van der Waals surface area contributed by atoms with Gasteiger partial charge in [-0.15, -0.1) is 11.3 Å². The zero-order valence-electron chi connectivity index (χ0n) is 14.5. The van der Waals surface area contributed by atoms with E-state index in [-0.39, 0.29) is 5.97 Å². The maximum absolute atomic E-state index is 12.1. The minimum absolute atomic E-state index is 0.281. The molecule has 24 heavy (non-hydrogen) atoms. The molecule has 1 aliphatic heterocycles. The third-order valence-electron chi connectivity index (χ3n) is 4.60. The second-order valence-electron chi connectivity index (χ2n) is 5.98. The Labute approximate surface area is 146 Å². The van der Waals surface area contributed by atoms with Crippen LogP contribution in [0, 0.1) is 6.92 Å². The molecule has 3 rings (SSSR count). The molecule has 0 amide bonds. The number of esters is 1. The molecular formula is C17H24N4O2S. The van der Waals surface area contributed by atoms with E-state index in [1.165, 1.54) is 30.7 Å². The number of hydrogen-bond donors (Lipinski definition) is 1. The molecule has 0 aliphatic carbocycles. The molecule has 130 valence electrons. The quantitative estimate of drug-likeness (QED) is 0.809. The molecule has 1 atom stereocenters. The lowest BCUT2D eigenvalue weighted by Gasteiger charge is -2.23. The summed E-state index contributed by atoms with van der Waals surface area (Å²) in [6.07, 6.45) is 4.03. The second-order valence-corrected chi connectivity index (χ2v) is 6.98. The third-order valence-corrected chi connectivity index (χ3v) is 5.78. The van der Waals surface area contributed by atoms with Crippen molar-refractivity contribution in [2.75, 3.05) is 31.6 Å². The van der Waals surface area contributed by atoms with Gasteiger partial charge in [0.25, 0.3) is 0 Å². The summed E-state index contributed by atoms with van der Waals surface area (Å²) < 4.78 is 5.14. The summed E-state index contributed by atoms with van der Waals surface area (Å²) in [5.41, 5.74) is 0.898. The Morgan fingerprint density at radius 3 is 3.04 bits per heavy atom. The average Bonchev–Trinajstić information content (AvgIpc) is 3.17. The fourth-order valence-electron chi connectivity index (χ4n) is 3.35. The number of nitrogens with zero attached hydrogens (tertiary/aromatic N) is 3. The van der Waals surface area contributed by atoms with Gasteiger partial charge >= 0.3 is 5.97 Å². The molecule has 2 aromatic rings. The van der Waals surface area contributed by atoms with Crippen molar-refractivity contribution in [1.82, 2.24) is 14.9 Å². The van der Waals surface area contributed by atoms with Crippen LogP contribution in [0.5, 0.6) is 0 Å². The van der Waals surface area contributed by atoms with Crippen molar-refractivity contribution in [3.8, 4) is 0 Å². The summed E-state index contributed by atoms with van der Waals surface area (Å²) in [5, 5.41) is 4.42. The van der Waals surface area contributed by atoms with Gasteiger partial charge in [0.05, 0.1) is 12.0 Å². The van der Waals surface area contributed by atoms with Crippen LogP contribution >= 0.6 is 11.3 Å². The standard InChI is InChI=1S/C17H24N4O2S/c1-4-21-8-6-7-12(21)9-18-15-13-11(3)14(17(22)23-5-2)24-16(13)20-10-19-15/h10,12H,4-9H2,1-3H3,(H,18,19,20). The minimum atomic E-state index is -0.281. The highest BCUT2D eigenvalue weighted by atomic mass is 32.1. The largest absolute Gasteiger partial charge is 0.462 e. The number of carbonyl (C=O) groups is 1. The number of hydrogen-bond acceptors (Lipinski definition) is 7. The average molecular weight is 348 g/mol. The molecule has 1 fully saturated rings. The highest BCUT2D eigenvalue weighted by molar-refractivity contribution is 7.20. The van der Waals surface area contributed by atoms with E-state index in [1.54, 1.807) is 6.33 Å². The molecule has 1 aliphatic rings. The Morgan fingerprint density at radius 1 is 1.46 bits per heavy atom. The molecule has 0 saturated carbocycles. The first kappa shape index (κ1) is 17.1. The van der Waals surface area contributed by atoms with Crippen LogP contribution < -0.4 is 5.32 Å². The smallest absolute Gasteiger partial charge is 0.348 e. The van der Waals surface area contributed by atoms with Gasteiger partial charge in [-0.25, -0.2) is 14.8 Å². The van der Waals surface area contributed by atoms with Crippen LogP contribution in [-0.2, 0) is 4.74 Å². The van der Waals surface area contributed by atoms with Crippen molar-refractivity contribution < 1.29 is 9.53 Å². The van der Waals surface area contributed by atoms with E-state index >= 15 is 0 Å². The van der Waals surface area contributed by atoms with E-state index in [0.717, 1.165) is 34.7 Å². The molecule has 0 aromatic carbocycles. The minimum Gasteiger partial charge on any atom is -0.462 e. The number of nitrogens with one attached hydrogen (secondary N) is 1. The SMILES string of the molecule is CCOC(=O)c1sc2ncnc(NCC3CCCN3CC)c2c1C. The molecular weight excluding hydrogens is 324 g/mol.